The molecule has 1 heterocycles. The number of hydrogen-bond acceptors (Lipinski definition) is 3. The van der Waals surface area contributed by atoms with E-state index in [4.69, 9.17) is 10.2 Å². The van der Waals surface area contributed by atoms with E-state index in [1.54, 1.807) is 17.2 Å². The number of nitrogens with zero attached hydrogens (tertiary/aromatic N) is 1. The van der Waals surface area contributed by atoms with Gasteiger partial charge in [0.1, 0.15) is 11.6 Å². The van der Waals surface area contributed by atoms with Crippen LogP contribution in [0, 0.1) is 5.82 Å². The summed E-state index contributed by atoms with van der Waals surface area (Å²) >= 11 is 0. The minimum atomic E-state index is -0.265. The Kier molecular flexibility index (Phi) is 3.67. The van der Waals surface area contributed by atoms with Crippen LogP contribution in [0.2, 0.25) is 0 Å². The summed E-state index contributed by atoms with van der Waals surface area (Å²) in [5, 5.41) is 0. The lowest BCUT2D eigenvalue weighted by molar-refractivity contribution is 0.505. The van der Waals surface area contributed by atoms with Gasteiger partial charge in [-0.15, -0.1) is 0 Å². The number of anilines is 1. The number of hydrogen-bond donors (Lipinski definition) is 1. The molecule has 0 saturated heterocycles. The van der Waals surface area contributed by atoms with E-state index >= 15 is 0 Å². The van der Waals surface area contributed by atoms with E-state index in [0.29, 0.717) is 12.2 Å². The smallest absolute Gasteiger partial charge is 0.146 e. The first-order valence-electron chi connectivity index (χ1n) is 5.86. The van der Waals surface area contributed by atoms with Gasteiger partial charge in [-0.25, -0.2) is 4.39 Å². The molecule has 0 aliphatic rings. The minimum Gasteiger partial charge on any atom is -0.467 e. The fourth-order valence-electron chi connectivity index (χ4n) is 1.84. The highest BCUT2D eigenvalue weighted by Crippen LogP contribution is 2.23. The van der Waals surface area contributed by atoms with E-state index in [9.17, 15) is 4.39 Å². The van der Waals surface area contributed by atoms with Crippen LogP contribution in [-0.4, -0.2) is 7.05 Å². The molecule has 1 atom stereocenters. The maximum atomic E-state index is 14.0. The SMILES string of the molecule is CC(N)c1ccc(N(C)Cc2ccco2)c(F)c1. The van der Waals surface area contributed by atoms with Gasteiger partial charge < -0.3 is 15.1 Å². The molecule has 0 saturated carbocycles. The van der Waals surface area contributed by atoms with Gasteiger partial charge in [-0.3, -0.25) is 0 Å². The zero-order chi connectivity index (χ0) is 13.1. The normalized spacial score (nSPS) is 12.4. The fourth-order valence-corrected chi connectivity index (χ4v) is 1.84. The summed E-state index contributed by atoms with van der Waals surface area (Å²) in [5.41, 5.74) is 7.06. The van der Waals surface area contributed by atoms with Crippen molar-refractivity contribution >= 4 is 5.69 Å². The summed E-state index contributed by atoms with van der Waals surface area (Å²) < 4.78 is 19.2. The summed E-state index contributed by atoms with van der Waals surface area (Å²) in [6.45, 7) is 2.36. The first-order chi connectivity index (χ1) is 8.58. The molecule has 0 amide bonds. The van der Waals surface area contributed by atoms with E-state index in [0.717, 1.165) is 11.3 Å². The van der Waals surface area contributed by atoms with Gasteiger partial charge in [-0.1, -0.05) is 6.07 Å². The van der Waals surface area contributed by atoms with Crippen LogP contribution in [0.5, 0.6) is 0 Å². The predicted molar refractivity (Wildman–Crippen MR) is 69.8 cm³/mol. The standard InChI is InChI=1S/C14H17FN2O/c1-10(16)11-5-6-14(13(15)8-11)17(2)9-12-4-3-7-18-12/h3-8,10H,9,16H2,1-2H3. The quantitative estimate of drug-likeness (QED) is 0.904. The molecule has 18 heavy (non-hydrogen) atoms. The highest BCUT2D eigenvalue weighted by Gasteiger charge is 2.11. The van der Waals surface area contributed by atoms with Gasteiger partial charge in [0.2, 0.25) is 0 Å². The van der Waals surface area contributed by atoms with Crippen molar-refractivity contribution < 1.29 is 8.81 Å². The molecule has 0 bridgehead atoms. The Hall–Kier alpha value is -1.81. The molecule has 0 aliphatic carbocycles. The molecule has 2 rings (SSSR count). The molecule has 1 unspecified atom stereocenters. The van der Waals surface area contributed by atoms with Gasteiger partial charge >= 0.3 is 0 Å². The molecule has 0 spiro atoms. The summed E-state index contributed by atoms with van der Waals surface area (Å²) in [5.74, 6) is 0.534. The zero-order valence-corrected chi connectivity index (χ0v) is 10.6. The average Bonchev–Trinajstić information content (AvgIpc) is 2.81. The number of benzene rings is 1. The lowest BCUT2D eigenvalue weighted by Crippen LogP contribution is -2.17. The van der Waals surface area contributed by atoms with Crippen LogP contribution in [0.1, 0.15) is 24.3 Å². The van der Waals surface area contributed by atoms with Crippen LogP contribution in [0.25, 0.3) is 0 Å². The molecule has 96 valence electrons. The molecule has 3 nitrogen and oxygen atoms in total. The number of nitrogens with two attached hydrogens (primary N) is 1. The second-order valence-electron chi connectivity index (χ2n) is 4.43. The largest absolute Gasteiger partial charge is 0.467 e. The lowest BCUT2D eigenvalue weighted by Gasteiger charge is -2.19. The molecule has 0 fully saturated rings. The Morgan fingerprint density at radius 1 is 1.39 bits per heavy atom. The number of rotatable bonds is 4. The highest BCUT2D eigenvalue weighted by molar-refractivity contribution is 5.49. The van der Waals surface area contributed by atoms with Crippen molar-refractivity contribution in [3.8, 4) is 0 Å². The van der Waals surface area contributed by atoms with E-state index in [-0.39, 0.29) is 11.9 Å². The Bertz CT molecular complexity index is 509. The molecule has 2 aromatic rings. The number of halogens is 1. The van der Waals surface area contributed by atoms with Crippen molar-refractivity contribution in [1.29, 1.82) is 0 Å². The van der Waals surface area contributed by atoms with Gasteiger partial charge in [-0.2, -0.15) is 0 Å². The maximum Gasteiger partial charge on any atom is 0.146 e. The Balaban J connectivity index is 2.17. The van der Waals surface area contributed by atoms with Crippen molar-refractivity contribution in [2.24, 2.45) is 5.73 Å². The summed E-state index contributed by atoms with van der Waals surface area (Å²) in [7, 11) is 1.83. The van der Waals surface area contributed by atoms with Crippen LogP contribution in [0.15, 0.2) is 41.0 Å². The predicted octanol–water partition coefficient (Wildman–Crippen LogP) is 3.07. The molecular formula is C14H17FN2O. The van der Waals surface area contributed by atoms with Gasteiger partial charge in [0, 0.05) is 13.1 Å². The Morgan fingerprint density at radius 2 is 2.17 bits per heavy atom. The molecule has 1 aromatic carbocycles. The van der Waals surface area contributed by atoms with Gasteiger partial charge in [-0.05, 0) is 36.8 Å². The van der Waals surface area contributed by atoms with E-state index in [1.807, 2.05) is 32.2 Å². The van der Waals surface area contributed by atoms with Crippen LogP contribution in [0.3, 0.4) is 0 Å². The van der Waals surface area contributed by atoms with Crippen LogP contribution >= 0.6 is 0 Å². The van der Waals surface area contributed by atoms with E-state index < -0.39 is 0 Å². The minimum absolute atomic E-state index is 0.163. The van der Waals surface area contributed by atoms with Crippen molar-refractivity contribution in [2.45, 2.75) is 19.5 Å². The average molecular weight is 248 g/mol. The summed E-state index contributed by atoms with van der Waals surface area (Å²) in [4.78, 5) is 1.80. The molecule has 0 aliphatic heterocycles. The maximum absolute atomic E-state index is 14.0. The summed E-state index contributed by atoms with van der Waals surface area (Å²) in [6.07, 6.45) is 1.61. The molecule has 4 heteroatoms. The van der Waals surface area contributed by atoms with Crippen LogP contribution in [0.4, 0.5) is 10.1 Å². The Morgan fingerprint density at radius 3 is 2.72 bits per heavy atom. The molecule has 0 radical (unpaired) electrons. The van der Waals surface area contributed by atoms with Crippen molar-refractivity contribution in [2.75, 3.05) is 11.9 Å². The van der Waals surface area contributed by atoms with Crippen molar-refractivity contribution in [3.63, 3.8) is 0 Å². The third kappa shape index (κ3) is 2.71. The second-order valence-corrected chi connectivity index (χ2v) is 4.43. The fraction of sp³-hybridized carbons (Fsp3) is 0.286. The van der Waals surface area contributed by atoms with Crippen molar-refractivity contribution in [1.82, 2.24) is 0 Å². The molecular weight excluding hydrogens is 231 g/mol. The third-order valence-corrected chi connectivity index (χ3v) is 2.88. The monoisotopic (exact) mass is 248 g/mol. The van der Waals surface area contributed by atoms with Gasteiger partial charge in [0.25, 0.3) is 0 Å². The first-order valence-corrected chi connectivity index (χ1v) is 5.86. The molecule has 2 N–H and O–H groups in total. The second kappa shape index (κ2) is 5.23. The first kappa shape index (κ1) is 12.6. The zero-order valence-electron chi connectivity index (χ0n) is 10.6. The topological polar surface area (TPSA) is 42.4 Å². The van der Waals surface area contributed by atoms with Gasteiger partial charge in [0.05, 0.1) is 18.5 Å². The molecule has 1 aromatic heterocycles. The van der Waals surface area contributed by atoms with Crippen LogP contribution in [-0.2, 0) is 6.54 Å². The van der Waals surface area contributed by atoms with Crippen molar-refractivity contribution in [3.05, 3.63) is 53.7 Å². The third-order valence-electron chi connectivity index (χ3n) is 2.88. The summed E-state index contributed by atoms with van der Waals surface area (Å²) in [6, 6.07) is 8.60. The lowest BCUT2D eigenvalue weighted by atomic mass is 10.1. The Labute approximate surface area is 106 Å². The van der Waals surface area contributed by atoms with Crippen LogP contribution < -0.4 is 10.6 Å². The highest BCUT2D eigenvalue weighted by atomic mass is 19.1. The number of furan rings is 1. The van der Waals surface area contributed by atoms with E-state index in [2.05, 4.69) is 0 Å². The van der Waals surface area contributed by atoms with E-state index in [1.165, 1.54) is 6.07 Å². The van der Waals surface area contributed by atoms with Gasteiger partial charge in [0.15, 0.2) is 0 Å².